The first-order valence-electron chi connectivity index (χ1n) is 7.93. The van der Waals surface area contributed by atoms with Crippen LogP contribution in [0.1, 0.15) is 52.3 Å². The second-order valence-corrected chi connectivity index (χ2v) is 9.68. The first kappa shape index (κ1) is 19.6. The number of nitrogens with zero attached hydrogens (tertiary/aromatic N) is 1. The molecule has 0 radical (unpaired) electrons. The molecule has 1 unspecified atom stereocenters. The van der Waals surface area contributed by atoms with Gasteiger partial charge in [0.2, 0.25) is 0 Å². The van der Waals surface area contributed by atoms with Crippen LogP contribution in [0.5, 0.6) is 5.75 Å². The van der Waals surface area contributed by atoms with Crippen molar-refractivity contribution >= 4 is 22.6 Å². The van der Waals surface area contributed by atoms with Crippen molar-refractivity contribution in [3.63, 3.8) is 0 Å². The van der Waals surface area contributed by atoms with E-state index in [0.717, 1.165) is 5.56 Å². The van der Waals surface area contributed by atoms with Crippen molar-refractivity contribution in [2.75, 3.05) is 13.2 Å². The SMILES string of the molecule is CC[C@@]1(NS(=O)C(C)(C)C)COc2c1cc([C@@](C)(O)CN)nc2Cl. The van der Waals surface area contributed by atoms with Crippen LogP contribution >= 0.6 is 11.6 Å². The Bertz CT molecular complexity index is 661. The highest BCUT2D eigenvalue weighted by atomic mass is 35.5. The largest absolute Gasteiger partial charge is 0.488 e. The van der Waals surface area contributed by atoms with Crippen molar-refractivity contribution in [1.82, 2.24) is 9.71 Å². The van der Waals surface area contributed by atoms with Gasteiger partial charge in [0.1, 0.15) is 12.2 Å². The van der Waals surface area contributed by atoms with Gasteiger partial charge in [0, 0.05) is 12.1 Å². The molecular formula is C16H26ClN3O3S. The molecule has 4 N–H and O–H groups in total. The quantitative estimate of drug-likeness (QED) is 0.683. The van der Waals surface area contributed by atoms with E-state index in [-0.39, 0.29) is 11.7 Å². The summed E-state index contributed by atoms with van der Waals surface area (Å²) in [6.45, 7) is 9.59. The summed E-state index contributed by atoms with van der Waals surface area (Å²) in [6.07, 6.45) is 0.645. The molecule has 1 aliphatic heterocycles. The number of halogens is 1. The molecule has 0 fully saturated rings. The molecule has 1 aliphatic rings. The number of pyridine rings is 1. The molecular weight excluding hydrogens is 350 g/mol. The third kappa shape index (κ3) is 3.46. The Balaban J connectivity index is 2.54. The number of fused-ring (bicyclic) bond motifs is 1. The van der Waals surface area contributed by atoms with Gasteiger partial charge in [0.15, 0.2) is 10.9 Å². The number of hydrogen-bond donors (Lipinski definition) is 3. The maximum absolute atomic E-state index is 12.6. The highest BCUT2D eigenvalue weighted by Crippen LogP contribution is 2.44. The van der Waals surface area contributed by atoms with Crippen LogP contribution in [0.25, 0.3) is 0 Å². The molecule has 0 aliphatic carbocycles. The van der Waals surface area contributed by atoms with Crippen LogP contribution < -0.4 is 15.2 Å². The van der Waals surface area contributed by atoms with Crippen LogP contribution in [-0.2, 0) is 22.1 Å². The second-order valence-electron chi connectivity index (χ2n) is 7.36. The maximum atomic E-state index is 12.6. The molecule has 2 rings (SSSR count). The molecule has 0 bridgehead atoms. The zero-order valence-corrected chi connectivity index (χ0v) is 16.3. The van der Waals surface area contributed by atoms with E-state index in [9.17, 15) is 9.32 Å². The van der Waals surface area contributed by atoms with Gasteiger partial charge in [-0.3, -0.25) is 0 Å². The van der Waals surface area contributed by atoms with Crippen LogP contribution in [0, 0.1) is 0 Å². The van der Waals surface area contributed by atoms with Gasteiger partial charge >= 0.3 is 0 Å². The molecule has 2 heterocycles. The fourth-order valence-electron chi connectivity index (χ4n) is 2.43. The van der Waals surface area contributed by atoms with Gasteiger partial charge in [-0.1, -0.05) is 18.5 Å². The maximum Gasteiger partial charge on any atom is 0.171 e. The summed E-state index contributed by atoms with van der Waals surface area (Å²) in [4.78, 5) is 4.22. The van der Waals surface area contributed by atoms with E-state index in [2.05, 4.69) is 9.71 Å². The minimum Gasteiger partial charge on any atom is -0.488 e. The Morgan fingerprint density at radius 2 is 2.12 bits per heavy atom. The predicted molar refractivity (Wildman–Crippen MR) is 96.4 cm³/mol. The molecule has 136 valence electrons. The summed E-state index contributed by atoms with van der Waals surface area (Å²) in [7, 11) is -1.29. The zero-order valence-electron chi connectivity index (χ0n) is 14.8. The van der Waals surface area contributed by atoms with Crippen molar-refractivity contribution in [3.8, 4) is 5.75 Å². The Kier molecular flexibility index (Phi) is 5.33. The fraction of sp³-hybridized carbons (Fsp3) is 0.688. The summed E-state index contributed by atoms with van der Waals surface area (Å²) in [5.41, 5.74) is 4.82. The topological polar surface area (TPSA) is 97.5 Å². The summed E-state index contributed by atoms with van der Waals surface area (Å²) in [6, 6.07) is 1.75. The van der Waals surface area contributed by atoms with E-state index in [1.54, 1.807) is 13.0 Å². The van der Waals surface area contributed by atoms with Gasteiger partial charge in [-0.05, 0) is 40.2 Å². The standard InChI is InChI=1S/C16H26ClN3O3S/c1-6-16(20-24(22)14(2,3)4)9-23-12-10(16)7-11(19-13(12)17)15(5,21)8-18/h7,20-21H,6,8-9,18H2,1-5H3/t15-,16+,24?/m0/s1. The minimum atomic E-state index is -1.30. The first-order chi connectivity index (χ1) is 11.0. The van der Waals surface area contributed by atoms with E-state index in [0.29, 0.717) is 24.5 Å². The number of nitrogens with two attached hydrogens (primary N) is 1. The lowest BCUT2D eigenvalue weighted by Crippen LogP contribution is -2.49. The smallest absolute Gasteiger partial charge is 0.171 e. The van der Waals surface area contributed by atoms with Crippen LogP contribution in [-0.4, -0.2) is 32.2 Å². The summed E-state index contributed by atoms with van der Waals surface area (Å²) >= 11 is 6.26. The number of nitrogens with one attached hydrogen (secondary N) is 1. The lowest BCUT2D eigenvalue weighted by Gasteiger charge is -2.32. The van der Waals surface area contributed by atoms with Gasteiger partial charge in [-0.15, -0.1) is 0 Å². The molecule has 0 spiro atoms. The van der Waals surface area contributed by atoms with E-state index in [1.165, 1.54) is 0 Å². The number of aliphatic hydroxyl groups is 1. The Labute approximate surface area is 150 Å². The fourth-order valence-corrected chi connectivity index (χ4v) is 3.65. The van der Waals surface area contributed by atoms with Crippen molar-refractivity contribution in [2.45, 2.75) is 56.9 Å². The summed E-state index contributed by atoms with van der Waals surface area (Å²) < 4.78 is 21.2. The monoisotopic (exact) mass is 375 g/mol. The van der Waals surface area contributed by atoms with Crippen LogP contribution in [0.2, 0.25) is 5.15 Å². The average molecular weight is 376 g/mol. The van der Waals surface area contributed by atoms with E-state index in [1.807, 2.05) is 27.7 Å². The highest BCUT2D eigenvalue weighted by molar-refractivity contribution is 7.84. The zero-order chi connectivity index (χ0) is 18.3. The minimum absolute atomic E-state index is 0.0104. The lowest BCUT2D eigenvalue weighted by molar-refractivity contribution is 0.0620. The summed E-state index contributed by atoms with van der Waals surface area (Å²) in [5.74, 6) is 0.466. The van der Waals surface area contributed by atoms with Crippen molar-refractivity contribution in [1.29, 1.82) is 0 Å². The molecule has 8 heteroatoms. The number of rotatable bonds is 5. The Morgan fingerprint density at radius 1 is 1.50 bits per heavy atom. The van der Waals surface area contributed by atoms with Gasteiger partial charge in [-0.25, -0.2) is 13.9 Å². The molecule has 0 saturated carbocycles. The predicted octanol–water partition coefficient (Wildman–Crippen LogP) is 1.95. The van der Waals surface area contributed by atoms with Crippen molar-refractivity contribution < 1.29 is 14.1 Å². The molecule has 24 heavy (non-hydrogen) atoms. The lowest BCUT2D eigenvalue weighted by atomic mass is 9.89. The average Bonchev–Trinajstić information content (AvgIpc) is 2.86. The van der Waals surface area contributed by atoms with Crippen molar-refractivity contribution in [3.05, 3.63) is 22.5 Å². The van der Waals surface area contributed by atoms with E-state index < -0.39 is 26.9 Å². The molecule has 0 amide bonds. The first-order valence-corrected chi connectivity index (χ1v) is 9.46. The third-order valence-electron chi connectivity index (χ3n) is 4.31. The molecule has 0 saturated heterocycles. The van der Waals surface area contributed by atoms with E-state index in [4.69, 9.17) is 22.1 Å². The molecule has 6 nitrogen and oxygen atoms in total. The van der Waals surface area contributed by atoms with Crippen LogP contribution in [0.4, 0.5) is 0 Å². The van der Waals surface area contributed by atoms with Gasteiger partial charge in [0.25, 0.3) is 0 Å². The van der Waals surface area contributed by atoms with Crippen molar-refractivity contribution in [2.24, 2.45) is 5.73 Å². The second kappa shape index (κ2) is 6.53. The Hall–Kier alpha value is -0.730. The number of ether oxygens (including phenoxy) is 1. The third-order valence-corrected chi connectivity index (χ3v) is 6.25. The number of hydrogen-bond acceptors (Lipinski definition) is 5. The number of aromatic nitrogens is 1. The molecule has 1 aromatic rings. The normalized spacial score (nSPS) is 24.2. The Morgan fingerprint density at radius 3 is 2.62 bits per heavy atom. The summed E-state index contributed by atoms with van der Waals surface area (Å²) in [5, 5.41) is 10.6. The molecule has 3 atom stereocenters. The van der Waals surface area contributed by atoms with Crippen LogP contribution in [0.3, 0.4) is 0 Å². The van der Waals surface area contributed by atoms with Gasteiger partial charge < -0.3 is 15.6 Å². The van der Waals surface area contributed by atoms with Crippen LogP contribution in [0.15, 0.2) is 6.07 Å². The van der Waals surface area contributed by atoms with E-state index >= 15 is 0 Å². The molecule has 1 aromatic heterocycles. The highest BCUT2D eigenvalue weighted by Gasteiger charge is 2.44. The van der Waals surface area contributed by atoms with Gasteiger partial charge in [0.05, 0.1) is 27.0 Å². The molecule has 0 aromatic carbocycles. The van der Waals surface area contributed by atoms with Gasteiger partial charge in [-0.2, -0.15) is 0 Å².